The maximum Gasteiger partial charge on any atom is 0.228 e. The molecule has 0 saturated carbocycles. The number of aliphatic hydroxyl groups excluding tert-OH is 2. The minimum absolute atomic E-state index is 0.213. The van der Waals surface area contributed by atoms with E-state index in [9.17, 15) is 10.2 Å². The van der Waals surface area contributed by atoms with Crippen molar-refractivity contribution < 1.29 is 14.9 Å². The second-order valence-electron chi connectivity index (χ2n) is 6.11. The molecule has 2 aromatic heterocycles. The predicted molar refractivity (Wildman–Crippen MR) is 106 cm³/mol. The van der Waals surface area contributed by atoms with Gasteiger partial charge in [-0.3, -0.25) is 9.56 Å². The summed E-state index contributed by atoms with van der Waals surface area (Å²) in [6, 6.07) is 0. The molecule has 0 amide bonds. The molecule has 1 aliphatic heterocycles. The number of fused-ring (bicyclic) bond motifs is 1. The smallest absolute Gasteiger partial charge is 0.228 e. The average Bonchev–Trinajstić information content (AvgIpc) is 3.22. The number of nitrogens with one attached hydrogen (secondary N) is 1. The molecule has 148 valence electrons. The number of hydrazone groups is 1. The van der Waals surface area contributed by atoms with E-state index < -0.39 is 18.4 Å². The Bertz CT molecular complexity index is 936. The molecule has 0 spiro atoms. The van der Waals surface area contributed by atoms with Crippen LogP contribution in [0.1, 0.15) is 19.6 Å². The van der Waals surface area contributed by atoms with E-state index in [2.05, 4.69) is 37.1 Å². The van der Waals surface area contributed by atoms with Crippen molar-refractivity contribution in [3.63, 3.8) is 0 Å². The fourth-order valence-electron chi connectivity index (χ4n) is 2.77. The lowest BCUT2D eigenvalue weighted by Gasteiger charge is -2.16. The van der Waals surface area contributed by atoms with E-state index in [1.807, 2.05) is 6.92 Å². The fraction of sp³-hybridized carbons (Fsp3) is 0.353. The first-order chi connectivity index (χ1) is 13.5. The molecule has 1 saturated heterocycles. The second kappa shape index (κ2) is 8.69. The molecular formula is C17H22N8O3. The number of nitrogens with two attached hydrogens (primary N) is 1. The minimum Gasteiger partial charge on any atom is -0.394 e. The van der Waals surface area contributed by atoms with Crippen LogP contribution in [-0.4, -0.2) is 61.0 Å². The highest BCUT2D eigenvalue weighted by molar-refractivity contribution is 5.87. The summed E-state index contributed by atoms with van der Waals surface area (Å²) in [7, 11) is 0. The van der Waals surface area contributed by atoms with Crippen molar-refractivity contribution in [1.29, 1.82) is 0 Å². The molecule has 11 heteroatoms. The van der Waals surface area contributed by atoms with Crippen molar-refractivity contribution in [2.75, 3.05) is 17.8 Å². The van der Waals surface area contributed by atoms with Gasteiger partial charge in [-0.25, -0.2) is 20.4 Å². The standard InChI is InChI=1S/C17H22N8O3/c1-3-19-5-4-10(2)7-22-24-17-23-14-15(18)20-9-21-16(14)25(17)13-6-11(27)12(8-26)28-13/h3-5,7,9,11-13,26-27H,1,6,8H2,2H3,(H,23,24)(H2,18,20,21)/b10-4+,19-5?,22-7+/t11-,12?,13?/m1/s1. The third-order valence-electron chi connectivity index (χ3n) is 4.14. The molecule has 1 aliphatic rings. The molecule has 2 aromatic rings. The molecular weight excluding hydrogens is 364 g/mol. The molecule has 0 aromatic carbocycles. The van der Waals surface area contributed by atoms with Gasteiger partial charge in [0.2, 0.25) is 5.95 Å². The van der Waals surface area contributed by atoms with Crippen LogP contribution in [0.2, 0.25) is 0 Å². The van der Waals surface area contributed by atoms with E-state index in [1.165, 1.54) is 12.5 Å². The Morgan fingerprint density at radius 3 is 3.07 bits per heavy atom. The number of imidazole rings is 1. The number of anilines is 2. The zero-order valence-corrected chi connectivity index (χ0v) is 15.3. The number of rotatable bonds is 7. The third-order valence-corrected chi connectivity index (χ3v) is 4.14. The van der Waals surface area contributed by atoms with E-state index in [4.69, 9.17) is 10.5 Å². The predicted octanol–water partition coefficient (Wildman–Crippen LogP) is 0.607. The number of aliphatic imine (C=N–C) groups is 1. The SMILES string of the molecule is C=CN=C/C=C(C)/C=N/Nc1nc2c(N)ncnc2n1C1C[C@@H](O)C(CO)O1. The number of aromatic nitrogens is 4. The molecule has 3 heterocycles. The number of hydrogen-bond donors (Lipinski definition) is 4. The Balaban J connectivity index is 1.91. The van der Waals surface area contributed by atoms with E-state index in [0.29, 0.717) is 17.1 Å². The van der Waals surface area contributed by atoms with Crippen LogP contribution in [0.15, 0.2) is 40.8 Å². The van der Waals surface area contributed by atoms with Gasteiger partial charge in [-0.2, -0.15) is 5.10 Å². The van der Waals surface area contributed by atoms with Crippen LogP contribution < -0.4 is 11.2 Å². The Kier molecular flexibility index (Phi) is 6.09. The molecule has 3 atom stereocenters. The minimum atomic E-state index is -0.808. The first-order valence-corrected chi connectivity index (χ1v) is 8.58. The molecule has 0 aliphatic carbocycles. The summed E-state index contributed by atoms with van der Waals surface area (Å²) in [5.41, 5.74) is 10.4. The first-order valence-electron chi connectivity index (χ1n) is 8.58. The largest absolute Gasteiger partial charge is 0.394 e. The van der Waals surface area contributed by atoms with Crippen LogP contribution in [0.3, 0.4) is 0 Å². The van der Waals surface area contributed by atoms with Crippen LogP contribution in [0.4, 0.5) is 11.8 Å². The van der Waals surface area contributed by atoms with Crippen molar-refractivity contribution in [3.05, 3.63) is 30.8 Å². The molecule has 28 heavy (non-hydrogen) atoms. The summed E-state index contributed by atoms with van der Waals surface area (Å²) in [6.07, 6.45) is 5.88. The average molecular weight is 386 g/mol. The molecule has 11 nitrogen and oxygen atoms in total. The van der Waals surface area contributed by atoms with Gasteiger partial charge < -0.3 is 20.7 Å². The maximum atomic E-state index is 10.1. The number of nitrogens with zero attached hydrogens (tertiary/aromatic N) is 6. The van der Waals surface area contributed by atoms with E-state index >= 15 is 0 Å². The zero-order valence-electron chi connectivity index (χ0n) is 15.3. The van der Waals surface area contributed by atoms with E-state index in [-0.39, 0.29) is 18.8 Å². The zero-order chi connectivity index (χ0) is 20.1. The first kappa shape index (κ1) is 19.6. The summed E-state index contributed by atoms with van der Waals surface area (Å²) >= 11 is 0. The van der Waals surface area contributed by atoms with Gasteiger partial charge in [0.1, 0.15) is 18.7 Å². The highest BCUT2D eigenvalue weighted by Crippen LogP contribution is 2.34. The van der Waals surface area contributed by atoms with E-state index in [1.54, 1.807) is 23.1 Å². The third kappa shape index (κ3) is 4.06. The van der Waals surface area contributed by atoms with Gasteiger partial charge in [0.05, 0.1) is 18.9 Å². The number of allylic oxidation sites excluding steroid dienone is 2. The monoisotopic (exact) mass is 386 g/mol. The number of nitrogen functional groups attached to an aromatic ring is 1. The van der Waals surface area contributed by atoms with Crippen molar-refractivity contribution in [2.45, 2.75) is 31.8 Å². The summed E-state index contributed by atoms with van der Waals surface area (Å²) in [5.74, 6) is 0.534. The van der Waals surface area contributed by atoms with Crippen LogP contribution in [-0.2, 0) is 4.74 Å². The lowest BCUT2D eigenvalue weighted by atomic mass is 10.2. The topological polar surface area (TPSA) is 156 Å². The fourth-order valence-corrected chi connectivity index (χ4v) is 2.77. The Morgan fingerprint density at radius 2 is 2.36 bits per heavy atom. The molecule has 0 radical (unpaired) electrons. The van der Waals surface area contributed by atoms with Crippen molar-refractivity contribution in [3.8, 4) is 0 Å². The van der Waals surface area contributed by atoms with Gasteiger partial charge >= 0.3 is 0 Å². The van der Waals surface area contributed by atoms with Crippen LogP contribution in [0.25, 0.3) is 11.2 Å². The number of hydrogen-bond acceptors (Lipinski definition) is 10. The highest BCUT2D eigenvalue weighted by atomic mass is 16.5. The Hall–Kier alpha value is -3.15. The summed E-state index contributed by atoms with van der Waals surface area (Å²) in [6.45, 7) is 5.06. The lowest BCUT2D eigenvalue weighted by molar-refractivity contribution is -0.0425. The van der Waals surface area contributed by atoms with Gasteiger partial charge in [-0.1, -0.05) is 6.58 Å². The van der Waals surface area contributed by atoms with Crippen LogP contribution in [0, 0.1) is 0 Å². The van der Waals surface area contributed by atoms with Gasteiger partial charge in [0.15, 0.2) is 17.0 Å². The quantitative estimate of drug-likeness (QED) is 0.398. The Morgan fingerprint density at radius 1 is 1.54 bits per heavy atom. The highest BCUT2D eigenvalue weighted by Gasteiger charge is 2.36. The van der Waals surface area contributed by atoms with Crippen molar-refractivity contribution >= 4 is 35.4 Å². The summed E-state index contributed by atoms with van der Waals surface area (Å²) < 4.78 is 7.38. The maximum absolute atomic E-state index is 10.1. The van der Waals surface area contributed by atoms with Gasteiger partial charge in [0, 0.05) is 18.8 Å². The summed E-state index contributed by atoms with van der Waals surface area (Å²) in [4.78, 5) is 16.5. The Labute approximate surface area is 161 Å². The van der Waals surface area contributed by atoms with Gasteiger partial charge in [-0.15, -0.1) is 0 Å². The number of ether oxygens (including phenoxy) is 1. The number of aliphatic hydroxyl groups is 2. The van der Waals surface area contributed by atoms with E-state index in [0.717, 1.165) is 5.57 Å². The molecule has 0 bridgehead atoms. The van der Waals surface area contributed by atoms with Crippen molar-refractivity contribution in [1.82, 2.24) is 19.5 Å². The van der Waals surface area contributed by atoms with Crippen molar-refractivity contribution in [2.24, 2.45) is 10.1 Å². The second-order valence-corrected chi connectivity index (χ2v) is 6.11. The van der Waals surface area contributed by atoms with Crippen LogP contribution >= 0.6 is 0 Å². The summed E-state index contributed by atoms with van der Waals surface area (Å²) in [5, 5.41) is 23.6. The molecule has 5 N–H and O–H groups in total. The van der Waals surface area contributed by atoms with Gasteiger partial charge in [0.25, 0.3) is 0 Å². The van der Waals surface area contributed by atoms with Gasteiger partial charge in [-0.05, 0) is 18.6 Å². The normalized spacial score (nSPS) is 23.2. The molecule has 2 unspecified atom stereocenters. The van der Waals surface area contributed by atoms with Crippen LogP contribution in [0.5, 0.6) is 0 Å². The molecule has 1 fully saturated rings. The lowest BCUT2D eigenvalue weighted by Crippen LogP contribution is -2.24. The molecule has 3 rings (SSSR count).